The molecular weight excluding hydrogens is 421 g/mol. The molecule has 2 saturated heterocycles. The molecule has 0 amide bonds. The van der Waals surface area contributed by atoms with Gasteiger partial charge < -0.3 is 15.5 Å². The lowest BCUT2D eigenvalue weighted by atomic mass is 10.1. The van der Waals surface area contributed by atoms with E-state index in [0.29, 0.717) is 16.8 Å². The van der Waals surface area contributed by atoms with Gasteiger partial charge in [0.15, 0.2) is 5.96 Å². The molecule has 3 rings (SSSR count). The number of aromatic nitrogens is 1. The molecule has 2 fully saturated rings. The average molecular weight is 449 g/mol. The van der Waals surface area contributed by atoms with Crippen LogP contribution in [0.3, 0.4) is 0 Å². The molecule has 30 heavy (non-hydrogen) atoms. The largest absolute Gasteiger partial charge is 0.511 e. The fraction of sp³-hybridized carbons (Fsp3) is 0.667. The van der Waals surface area contributed by atoms with Crippen LogP contribution in [-0.4, -0.2) is 68.4 Å². The Morgan fingerprint density at radius 1 is 1.23 bits per heavy atom. The quantitative estimate of drug-likeness (QED) is 0.526. The second-order valence-electron chi connectivity index (χ2n) is 7.41. The van der Waals surface area contributed by atoms with E-state index in [-0.39, 0.29) is 32.0 Å². The van der Waals surface area contributed by atoms with Gasteiger partial charge in [-0.25, -0.2) is 13.4 Å². The summed E-state index contributed by atoms with van der Waals surface area (Å²) in [5.41, 5.74) is -4.22. The summed E-state index contributed by atoms with van der Waals surface area (Å²) in [7, 11) is -3.65. The summed E-state index contributed by atoms with van der Waals surface area (Å²) in [6.45, 7) is 2.18. The highest BCUT2D eigenvalue weighted by molar-refractivity contribution is 7.90. The van der Waals surface area contributed by atoms with Crippen molar-refractivity contribution < 1.29 is 21.6 Å². The maximum atomic E-state index is 12.7. The van der Waals surface area contributed by atoms with Crippen LogP contribution in [-0.2, 0) is 16.6 Å². The molecule has 0 aromatic carbocycles. The zero-order valence-electron chi connectivity index (χ0n) is 16.8. The highest BCUT2D eigenvalue weighted by atomic mass is 32.2. The van der Waals surface area contributed by atoms with E-state index in [1.165, 1.54) is 12.8 Å². The van der Waals surface area contributed by atoms with Crippen LogP contribution in [0.4, 0.5) is 19.0 Å². The monoisotopic (exact) mass is 448 g/mol. The van der Waals surface area contributed by atoms with E-state index in [0.717, 1.165) is 24.5 Å². The van der Waals surface area contributed by atoms with Crippen LogP contribution >= 0.6 is 0 Å². The van der Waals surface area contributed by atoms with E-state index >= 15 is 0 Å². The van der Waals surface area contributed by atoms with Crippen molar-refractivity contribution in [1.29, 1.82) is 0 Å². The molecule has 0 bridgehead atoms. The molecule has 0 aliphatic carbocycles. The lowest BCUT2D eigenvalue weighted by molar-refractivity contribution is -0.0494. The maximum absolute atomic E-state index is 12.7. The third-order valence-corrected chi connectivity index (χ3v) is 6.98. The lowest BCUT2D eigenvalue weighted by Crippen LogP contribution is -2.51. The Kier molecular flexibility index (Phi) is 7.06. The first-order valence-corrected chi connectivity index (χ1v) is 11.4. The summed E-state index contributed by atoms with van der Waals surface area (Å²) < 4.78 is 61.6. The zero-order chi connectivity index (χ0) is 21.8. The number of rotatable bonds is 5. The molecule has 12 heteroatoms. The second kappa shape index (κ2) is 9.38. The van der Waals surface area contributed by atoms with Gasteiger partial charge in [-0.1, -0.05) is 0 Å². The molecule has 0 radical (unpaired) electrons. The molecule has 1 aromatic rings. The molecule has 2 aliphatic heterocycles. The minimum atomic E-state index is -5.26. The number of guanidine groups is 1. The third kappa shape index (κ3) is 5.34. The predicted octanol–water partition coefficient (Wildman–Crippen LogP) is 1.66. The Hall–Kier alpha value is -2.08. The molecule has 2 N–H and O–H groups in total. The van der Waals surface area contributed by atoms with E-state index in [2.05, 4.69) is 25.5 Å². The van der Waals surface area contributed by atoms with Gasteiger partial charge in [-0.15, -0.1) is 0 Å². The number of halogens is 3. The van der Waals surface area contributed by atoms with Crippen LogP contribution in [0.15, 0.2) is 23.3 Å². The van der Waals surface area contributed by atoms with Gasteiger partial charge >= 0.3 is 15.5 Å². The number of alkyl halides is 3. The number of nitrogens with zero attached hydrogens (tertiary/aromatic N) is 4. The fourth-order valence-electron chi connectivity index (χ4n) is 3.65. The van der Waals surface area contributed by atoms with Crippen molar-refractivity contribution in [3.63, 3.8) is 0 Å². The van der Waals surface area contributed by atoms with Gasteiger partial charge in [-0.2, -0.15) is 17.5 Å². The highest BCUT2D eigenvalue weighted by Gasteiger charge is 2.50. The summed E-state index contributed by atoms with van der Waals surface area (Å²) in [6.07, 6.45) is 4.65. The lowest BCUT2D eigenvalue weighted by Gasteiger charge is -2.32. The standard InChI is InChI=1S/C18H27F3N6O2S/c1-22-17(24-13-14-4-7-23-16(12-14)26-8-2-3-9-26)25-15-5-10-27(11-6-15)30(28,29)18(19,20)21/h4,7,12,15H,2-3,5-6,8-11,13H2,1H3,(H2,22,24,25). The summed E-state index contributed by atoms with van der Waals surface area (Å²) >= 11 is 0. The van der Waals surface area contributed by atoms with Gasteiger partial charge in [0, 0.05) is 52.0 Å². The van der Waals surface area contributed by atoms with E-state index < -0.39 is 15.5 Å². The maximum Gasteiger partial charge on any atom is 0.511 e. The molecule has 3 heterocycles. The van der Waals surface area contributed by atoms with Crippen molar-refractivity contribution in [2.24, 2.45) is 4.99 Å². The fourth-order valence-corrected chi connectivity index (χ4v) is 4.63. The molecule has 8 nitrogen and oxygen atoms in total. The second-order valence-corrected chi connectivity index (χ2v) is 9.34. The molecular formula is C18H27F3N6O2S. The Balaban J connectivity index is 1.50. The van der Waals surface area contributed by atoms with Crippen LogP contribution in [0.1, 0.15) is 31.2 Å². The van der Waals surface area contributed by atoms with Crippen LogP contribution < -0.4 is 15.5 Å². The molecule has 0 saturated carbocycles. The van der Waals surface area contributed by atoms with Gasteiger partial charge in [-0.3, -0.25) is 4.99 Å². The number of hydrogen-bond donors (Lipinski definition) is 2. The number of piperidine rings is 1. The number of anilines is 1. The number of sulfonamides is 1. The topological polar surface area (TPSA) is 89.9 Å². The first-order valence-electron chi connectivity index (χ1n) is 9.94. The summed E-state index contributed by atoms with van der Waals surface area (Å²) in [5, 5.41) is 6.36. The summed E-state index contributed by atoms with van der Waals surface area (Å²) in [6, 6.07) is 3.79. The molecule has 2 aliphatic rings. The Morgan fingerprint density at radius 3 is 2.50 bits per heavy atom. The van der Waals surface area contributed by atoms with Gasteiger partial charge in [0.25, 0.3) is 0 Å². The van der Waals surface area contributed by atoms with E-state index in [4.69, 9.17) is 0 Å². The first-order chi connectivity index (χ1) is 14.2. The minimum absolute atomic E-state index is 0.159. The molecule has 1 aromatic heterocycles. The van der Waals surface area contributed by atoms with E-state index in [1.54, 1.807) is 13.2 Å². The van der Waals surface area contributed by atoms with Crippen LogP contribution in [0.2, 0.25) is 0 Å². The number of hydrogen-bond acceptors (Lipinski definition) is 5. The highest BCUT2D eigenvalue weighted by Crippen LogP contribution is 2.29. The number of nitrogens with one attached hydrogen (secondary N) is 2. The van der Waals surface area contributed by atoms with Crippen molar-refractivity contribution in [2.45, 2.75) is 43.8 Å². The third-order valence-electron chi connectivity index (χ3n) is 5.35. The van der Waals surface area contributed by atoms with Crippen molar-refractivity contribution in [2.75, 3.05) is 38.1 Å². The van der Waals surface area contributed by atoms with Crippen molar-refractivity contribution in [3.05, 3.63) is 23.9 Å². The SMILES string of the molecule is CN=C(NCc1ccnc(N2CCCC2)c1)NC1CCN(S(=O)(=O)C(F)(F)F)CC1. The van der Waals surface area contributed by atoms with Crippen LogP contribution in [0.25, 0.3) is 0 Å². The van der Waals surface area contributed by atoms with Gasteiger partial charge in [0.2, 0.25) is 0 Å². The van der Waals surface area contributed by atoms with E-state index in [1.807, 2.05) is 12.1 Å². The average Bonchev–Trinajstić information content (AvgIpc) is 3.26. The van der Waals surface area contributed by atoms with Crippen LogP contribution in [0.5, 0.6) is 0 Å². The van der Waals surface area contributed by atoms with Crippen molar-refractivity contribution in [3.8, 4) is 0 Å². The Bertz CT molecular complexity index is 848. The number of pyridine rings is 1. The Labute approximate surface area is 174 Å². The van der Waals surface area contributed by atoms with Crippen molar-refractivity contribution in [1.82, 2.24) is 19.9 Å². The van der Waals surface area contributed by atoms with E-state index in [9.17, 15) is 21.6 Å². The first kappa shape index (κ1) is 22.6. The molecule has 0 unspecified atom stereocenters. The normalized spacial score (nSPS) is 19.9. The molecule has 168 valence electrons. The summed E-state index contributed by atoms with van der Waals surface area (Å²) in [5.74, 6) is 1.47. The predicted molar refractivity (Wildman–Crippen MR) is 109 cm³/mol. The number of aliphatic imine (C=N–C) groups is 1. The van der Waals surface area contributed by atoms with Crippen LogP contribution in [0, 0.1) is 0 Å². The van der Waals surface area contributed by atoms with Gasteiger partial charge in [0.1, 0.15) is 5.82 Å². The van der Waals surface area contributed by atoms with Gasteiger partial charge in [0.05, 0.1) is 0 Å². The van der Waals surface area contributed by atoms with Crippen molar-refractivity contribution >= 4 is 21.8 Å². The molecule has 0 spiro atoms. The minimum Gasteiger partial charge on any atom is -0.357 e. The smallest absolute Gasteiger partial charge is 0.357 e. The summed E-state index contributed by atoms with van der Waals surface area (Å²) in [4.78, 5) is 10.8. The molecule has 0 atom stereocenters. The Morgan fingerprint density at radius 2 is 1.90 bits per heavy atom. The van der Waals surface area contributed by atoms with Gasteiger partial charge in [-0.05, 0) is 43.4 Å². The zero-order valence-corrected chi connectivity index (χ0v) is 17.6.